The number of hydrogen-bond acceptors (Lipinski definition) is 11. The molecule has 0 fully saturated rings. The van der Waals surface area contributed by atoms with Crippen LogP contribution in [0.2, 0.25) is 0 Å². The molecule has 0 aromatic heterocycles. The topological polar surface area (TPSA) is 383 Å². The third kappa shape index (κ3) is 18.4. The van der Waals surface area contributed by atoms with Gasteiger partial charge in [0, 0.05) is 19.4 Å². The van der Waals surface area contributed by atoms with Gasteiger partial charge >= 0.3 is 11.9 Å². The van der Waals surface area contributed by atoms with Crippen LogP contribution in [-0.4, -0.2) is 120 Å². The van der Waals surface area contributed by atoms with Crippen LogP contribution in [0.1, 0.15) is 37.7 Å². The predicted molar refractivity (Wildman–Crippen MR) is 181 cm³/mol. The third-order valence-electron chi connectivity index (χ3n) is 6.89. The van der Waals surface area contributed by atoms with E-state index in [1.807, 2.05) is 0 Å². The number of aliphatic imine (C=N–C) groups is 1. The van der Waals surface area contributed by atoms with Crippen LogP contribution in [0.15, 0.2) is 35.3 Å². The second kappa shape index (κ2) is 23.2. The summed E-state index contributed by atoms with van der Waals surface area (Å²) < 4.78 is 0. The molecule has 0 bridgehead atoms. The molecule has 1 aromatic rings. The van der Waals surface area contributed by atoms with Gasteiger partial charge in [-0.3, -0.25) is 43.3 Å². The van der Waals surface area contributed by atoms with Crippen LogP contribution in [0.4, 0.5) is 0 Å². The number of carboxylic acid groups (broad SMARTS) is 2. The minimum absolute atomic E-state index is 0.0315. The Bertz CT molecular complexity index is 1470. The Kier molecular flexibility index (Phi) is 19.5. The Hall–Kier alpha value is -6.32. The molecule has 1 aromatic carbocycles. The maximum atomic E-state index is 13.3. The highest BCUT2D eigenvalue weighted by Crippen LogP contribution is 2.06. The predicted octanol–water partition coefficient (Wildman–Crippen LogP) is -5.76. The van der Waals surface area contributed by atoms with E-state index in [0.717, 1.165) is 0 Å². The summed E-state index contributed by atoms with van der Waals surface area (Å²) in [6, 6.07) is 3.01. The number of carboxylic acids is 2. The molecule has 16 N–H and O–H groups in total. The number of carbonyl (C=O) groups is 9. The third-order valence-corrected chi connectivity index (χ3v) is 6.89. The maximum absolute atomic E-state index is 13.3. The summed E-state index contributed by atoms with van der Waals surface area (Å²) in [6.07, 6.45) is -1.41. The van der Waals surface area contributed by atoms with Crippen LogP contribution in [0.25, 0.3) is 0 Å². The number of carbonyl (C=O) groups excluding carboxylic acids is 7. The molecule has 0 spiro atoms. The lowest BCUT2D eigenvalue weighted by Crippen LogP contribution is -2.56. The lowest BCUT2D eigenvalue weighted by atomic mass is 10.0. The highest BCUT2D eigenvalue weighted by atomic mass is 16.4. The van der Waals surface area contributed by atoms with Gasteiger partial charge in [-0.25, -0.2) is 4.79 Å². The largest absolute Gasteiger partial charge is 0.481 e. The van der Waals surface area contributed by atoms with Crippen LogP contribution in [0.5, 0.6) is 0 Å². The van der Waals surface area contributed by atoms with E-state index in [0.29, 0.717) is 5.56 Å². The lowest BCUT2D eigenvalue weighted by molar-refractivity contribution is -0.142. The summed E-state index contributed by atoms with van der Waals surface area (Å²) in [5.74, 6) is -9.40. The number of nitrogens with one attached hydrogen (secondary N) is 6. The lowest BCUT2D eigenvalue weighted by Gasteiger charge is -2.23. The normalized spacial score (nSPS) is 12.7. The van der Waals surface area contributed by atoms with Crippen LogP contribution < -0.4 is 54.8 Å². The van der Waals surface area contributed by atoms with Gasteiger partial charge in [0.15, 0.2) is 5.96 Å². The Balaban J connectivity index is 2.95. The fourth-order valence-electron chi connectivity index (χ4n) is 4.36. The van der Waals surface area contributed by atoms with Gasteiger partial charge in [0.1, 0.15) is 24.2 Å². The number of benzene rings is 1. The smallest absolute Gasteiger partial charge is 0.326 e. The van der Waals surface area contributed by atoms with Crippen molar-refractivity contribution in [3.8, 4) is 0 Å². The molecular formula is C30H45N11O11. The van der Waals surface area contributed by atoms with E-state index in [1.54, 1.807) is 30.3 Å². The molecule has 0 aliphatic rings. The summed E-state index contributed by atoms with van der Waals surface area (Å²) in [5.41, 5.74) is 21.8. The van der Waals surface area contributed by atoms with Crippen molar-refractivity contribution in [2.45, 2.75) is 62.7 Å². The second-order valence-corrected chi connectivity index (χ2v) is 11.1. The molecular weight excluding hydrogens is 690 g/mol. The van der Waals surface area contributed by atoms with E-state index in [2.05, 4.69) is 36.9 Å². The zero-order chi connectivity index (χ0) is 39.2. The fraction of sp³-hybridized carbons (Fsp3) is 0.467. The maximum Gasteiger partial charge on any atom is 0.326 e. The molecule has 0 aliphatic heterocycles. The quantitative estimate of drug-likeness (QED) is 0.0267. The number of guanidine groups is 1. The second-order valence-electron chi connectivity index (χ2n) is 11.1. The van der Waals surface area contributed by atoms with Crippen LogP contribution in [-0.2, 0) is 49.6 Å². The van der Waals surface area contributed by atoms with Gasteiger partial charge in [0.05, 0.1) is 26.1 Å². The highest BCUT2D eigenvalue weighted by molar-refractivity contribution is 5.96. The molecule has 1 rings (SSSR count). The van der Waals surface area contributed by atoms with Gasteiger partial charge in [-0.05, 0) is 24.8 Å². The van der Waals surface area contributed by atoms with Crippen LogP contribution in [0.3, 0.4) is 0 Å². The number of nitrogens with zero attached hydrogens (tertiary/aromatic N) is 1. The van der Waals surface area contributed by atoms with Gasteiger partial charge in [0.2, 0.25) is 41.4 Å². The molecule has 0 radical (unpaired) electrons. The Morgan fingerprint density at radius 2 is 1.23 bits per heavy atom. The molecule has 0 saturated carbocycles. The molecule has 4 atom stereocenters. The van der Waals surface area contributed by atoms with Crippen molar-refractivity contribution in [1.29, 1.82) is 0 Å². The molecule has 0 aliphatic carbocycles. The first-order valence-corrected chi connectivity index (χ1v) is 15.8. The average Bonchev–Trinajstić information content (AvgIpc) is 3.08. The SMILES string of the molecule is NCC(=O)NC(Cc1ccccc1)C(=O)NC(CCCN=C(N)N)C(=O)NCC(=O)NC(CC(=O)O)C(=O)NCC(=O)NC(CCC(N)=O)C(=O)O. The molecule has 22 nitrogen and oxygen atoms in total. The number of nitrogens with two attached hydrogens (primary N) is 4. The van der Waals surface area contributed by atoms with Gasteiger partial charge in [-0.15, -0.1) is 0 Å². The van der Waals surface area contributed by atoms with Crippen molar-refractivity contribution in [1.82, 2.24) is 31.9 Å². The van der Waals surface area contributed by atoms with Crippen LogP contribution >= 0.6 is 0 Å². The van der Waals surface area contributed by atoms with Gasteiger partial charge in [-0.2, -0.15) is 0 Å². The van der Waals surface area contributed by atoms with E-state index in [1.165, 1.54) is 0 Å². The highest BCUT2D eigenvalue weighted by Gasteiger charge is 2.29. The molecule has 286 valence electrons. The van der Waals surface area contributed by atoms with E-state index in [4.69, 9.17) is 22.9 Å². The zero-order valence-corrected chi connectivity index (χ0v) is 28.1. The molecule has 7 amide bonds. The van der Waals surface area contributed by atoms with E-state index in [9.17, 15) is 53.4 Å². The molecule has 0 saturated heterocycles. The van der Waals surface area contributed by atoms with Crippen molar-refractivity contribution >= 4 is 59.2 Å². The van der Waals surface area contributed by atoms with E-state index >= 15 is 0 Å². The number of primary amides is 1. The van der Waals surface area contributed by atoms with Gasteiger partial charge < -0.3 is 65.0 Å². The van der Waals surface area contributed by atoms with Gasteiger partial charge in [0.25, 0.3) is 0 Å². The van der Waals surface area contributed by atoms with Crippen molar-refractivity contribution in [2.75, 3.05) is 26.2 Å². The molecule has 4 unspecified atom stereocenters. The summed E-state index contributed by atoms with van der Waals surface area (Å²) in [4.78, 5) is 114. The first-order valence-electron chi connectivity index (χ1n) is 15.8. The van der Waals surface area contributed by atoms with E-state index in [-0.39, 0.29) is 44.6 Å². The zero-order valence-electron chi connectivity index (χ0n) is 28.1. The Morgan fingerprint density at radius 3 is 1.75 bits per heavy atom. The fourth-order valence-corrected chi connectivity index (χ4v) is 4.36. The summed E-state index contributed by atoms with van der Waals surface area (Å²) >= 11 is 0. The van der Waals surface area contributed by atoms with Crippen molar-refractivity contribution < 1.29 is 53.4 Å². The Labute approximate surface area is 297 Å². The molecule has 22 heteroatoms. The minimum atomic E-state index is -1.74. The first-order chi connectivity index (χ1) is 24.5. The molecule has 52 heavy (non-hydrogen) atoms. The average molecular weight is 736 g/mol. The minimum Gasteiger partial charge on any atom is -0.481 e. The van der Waals surface area contributed by atoms with E-state index < -0.39 is 104 Å². The van der Waals surface area contributed by atoms with Crippen LogP contribution in [0, 0.1) is 0 Å². The first kappa shape index (κ1) is 43.7. The van der Waals surface area contributed by atoms with Crippen molar-refractivity contribution in [3.05, 3.63) is 35.9 Å². The number of aliphatic carboxylic acids is 2. The summed E-state index contributed by atoms with van der Waals surface area (Å²) in [6.45, 7) is -1.94. The summed E-state index contributed by atoms with van der Waals surface area (Å²) in [5, 5.41) is 32.0. The van der Waals surface area contributed by atoms with Crippen molar-refractivity contribution in [2.24, 2.45) is 27.9 Å². The van der Waals surface area contributed by atoms with Crippen molar-refractivity contribution in [3.63, 3.8) is 0 Å². The number of hydrogen-bond donors (Lipinski definition) is 12. The Morgan fingerprint density at radius 1 is 0.673 bits per heavy atom. The number of amides is 7. The van der Waals surface area contributed by atoms with Gasteiger partial charge in [-0.1, -0.05) is 30.3 Å². The molecule has 0 heterocycles. The standard InChI is InChI=1S/C30H45N11O11/c31-13-22(43)39-19(11-16-5-2-1-3-6-16)28(50)41-17(7-4-10-35-30(33)34)26(48)36-15-24(45)40-20(12-25(46)47)27(49)37-14-23(44)38-18(29(51)52)8-9-21(32)42/h1-3,5-6,17-20H,4,7-15,31H2,(H2,32,42)(H,36,48)(H,37,49)(H,38,44)(H,39,43)(H,40,45)(H,41,50)(H,46,47)(H,51,52)(H4,33,34,35). The monoisotopic (exact) mass is 735 g/mol. The summed E-state index contributed by atoms with van der Waals surface area (Å²) in [7, 11) is 0. The number of rotatable bonds is 24.